The number of carbonyl (C=O) groups is 7. The lowest BCUT2D eigenvalue weighted by atomic mass is 10.2. The predicted octanol–water partition coefficient (Wildman–Crippen LogP) is -5.85. The highest BCUT2D eigenvalue weighted by atomic mass is 33.1. The zero-order chi connectivity index (χ0) is 38.3. The molecule has 24 nitrogen and oxygen atoms in total. The van der Waals surface area contributed by atoms with Gasteiger partial charge in [-0.25, -0.2) is 0 Å². The van der Waals surface area contributed by atoms with Gasteiger partial charge in [0.25, 0.3) is 0 Å². The summed E-state index contributed by atoms with van der Waals surface area (Å²) in [5.74, 6) is -7.44. The van der Waals surface area contributed by atoms with Gasteiger partial charge in [-0.05, 0) is 12.8 Å². The van der Waals surface area contributed by atoms with Crippen LogP contribution in [-0.4, -0.2) is 150 Å². The Morgan fingerprint density at radius 1 is 0.617 bits per heavy atom. The van der Waals surface area contributed by atoms with Gasteiger partial charge in [0.05, 0.1) is 19.6 Å². The molecule has 26 heteroatoms. The Morgan fingerprint density at radius 3 is 1.15 bits per heavy atom. The number of carboxylic acids is 7. The van der Waals surface area contributed by atoms with Gasteiger partial charge in [-0.2, -0.15) is 0 Å². The van der Waals surface area contributed by atoms with Gasteiger partial charge in [0.2, 0.25) is 0 Å². The number of aliphatic carboxylic acids is 7. The minimum atomic E-state index is -1.29. The summed E-state index contributed by atoms with van der Waals surface area (Å²) < 4.78 is 0. The molecule has 0 aliphatic carbocycles. The van der Waals surface area contributed by atoms with Gasteiger partial charge in [0, 0.05) is 18.1 Å². The average molecular weight is 728 g/mol. The van der Waals surface area contributed by atoms with Crippen molar-refractivity contribution in [2.45, 2.75) is 49.5 Å². The summed E-state index contributed by atoms with van der Waals surface area (Å²) >= 11 is 0. The van der Waals surface area contributed by atoms with Gasteiger partial charge < -0.3 is 86.3 Å². The lowest BCUT2D eigenvalue weighted by Gasteiger charge is -2.07. The Morgan fingerprint density at radius 2 is 0.957 bits per heavy atom. The predicted molar refractivity (Wildman–Crippen MR) is 168 cm³/mol. The topological polar surface area (TPSA) is 499 Å². The molecule has 24 N–H and O–H groups in total. The number of hydrogen-bond donors (Lipinski definition) is 17. The molecule has 0 saturated carbocycles. The van der Waals surface area contributed by atoms with Crippen LogP contribution in [0.15, 0.2) is 0 Å². The highest BCUT2D eigenvalue weighted by Crippen LogP contribution is 2.22. The van der Waals surface area contributed by atoms with E-state index in [1.165, 1.54) is 21.6 Å². The van der Waals surface area contributed by atoms with Crippen molar-refractivity contribution in [3.05, 3.63) is 0 Å². The number of carboxylic acid groups (broad SMARTS) is 7. The maximum Gasteiger partial charge on any atom is 0.322 e. The molecule has 0 aromatic heterocycles. The van der Waals surface area contributed by atoms with Crippen molar-refractivity contribution in [1.29, 1.82) is 5.41 Å². The molecule has 0 rings (SSSR count). The Bertz CT molecular complexity index is 945. The normalized spacial score (nSPS) is 12.7. The lowest BCUT2D eigenvalue weighted by molar-refractivity contribution is -0.144. The van der Waals surface area contributed by atoms with E-state index in [9.17, 15) is 33.6 Å². The third-order valence-electron chi connectivity index (χ3n) is 3.94. The molecule has 0 aromatic carbocycles. The van der Waals surface area contributed by atoms with Gasteiger partial charge in [-0.1, -0.05) is 21.6 Å². The van der Waals surface area contributed by atoms with E-state index in [4.69, 9.17) is 80.7 Å². The lowest BCUT2D eigenvalue weighted by Crippen LogP contribution is -2.34. The molecule has 0 aromatic rings. The van der Waals surface area contributed by atoms with Crippen LogP contribution >= 0.6 is 21.6 Å². The first-order valence-corrected chi connectivity index (χ1v) is 15.0. The molecule has 5 unspecified atom stereocenters. The minimum absolute atomic E-state index is 0.112. The van der Waals surface area contributed by atoms with Gasteiger partial charge in [-0.3, -0.25) is 39.0 Å². The molecule has 0 saturated heterocycles. The highest BCUT2D eigenvalue weighted by Gasteiger charge is 2.15. The van der Waals surface area contributed by atoms with E-state index in [1.54, 1.807) is 0 Å². The maximum absolute atomic E-state index is 10.3. The Hall–Kier alpha value is -4.02. The standard InChI is InChI=1S/C6H14N4O2.C6H12N2O4S2.C4H7NO4.C3H7NO3.C2H5NO2/c7-4(5(11)12)2-1-3-10-6(8)9;7-3(5(9)10)1-13-14-2-4(8)6(11)12;5-2(4(8)9)1-3(6)7;4-2(1-5)3(6)7;3-1-2(4)5/h4H,1-3,7H2,(H,11,12)(H4,8,9,10);3-4H,1-2,7-8H2,(H,9,10)(H,11,12);2H,1,5H2,(H,6,7)(H,8,9);2,5H,1,4H2,(H,6,7);1,3H2,(H,4,5). The number of nitrogens with two attached hydrogens (primary N) is 7. The van der Waals surface area contributed by atoms with Crippen molar-refractivity contribution >= 4 is 69.3 Å². The largest absolute Gasteiger partial charge is 0.481 e. The zero-order valence-corrected chi connectivity index (χ0v) is 26.5. The molecule has 0 radical (unpaired) electrons. The maximum atomic E-state index is 10.3. The number of guanidine groups is 1. The van der Waals surface area contributed by atoms with Crippen LogP contribution in [0, 0.1) is 5.41 Å². The van der Waals surface area contributed by atoms with Crippen molar-refractivity contribution in [3.63, 3.8) is 0 Å². The van der Waals surface area contributed by atoms with E-state index in [0.29, 0.717) is 19.4 Å². The van der Waals surface area contributed by atoms with Gasteiger partial charge in [0.1, 0.15) is 30.2 Å². The minimum Gasteiger partial charge on any atom is -0.481 e. The number of aliphatic hydroxyl groups excluding tert-OH is 1. The second kappa shape index (κ2) is 33.3. The van der Waals surface area contributed by atoms with E-state index >= 15 is 0 Å². The van der Waals surface area contributed by atoms with Gasteiger partial charge in [0.15, 0.2) is 5.96 Å². The van der Waals surface area contributed by atoms with Crippen LogP contribution in [0.3, 0.4) is 0 Å². The molecule has 0 bridgehead atoms. The molecule has 0 heterocycles. The number of aliphatic hydroxyl groups is 1. The van der Waals surface area contributed by atoms with Crippen LogP contribution in [0.1, 0.15) is 19.3 Å². The van der Waals surface area contributed by atoms with Crippen LogP contribution in [0.2, 0.25) is 0 Å². The second-order valence-corrected chi connectivity index (χ2v) is 10.7. The third-order valence-corrected chi connectivity index (χ3v) is 6.41. The van der Waals surface area contributed by atoms with Crippen LogP contribution in [0.5, 0.6) is 0 Å². The first kappa shape index (κ1) is 52.5. The summed E-state index contributed by atoms with van der Waals surface area (Å²) in [6, 6.07) is -5.08. The SMILES string of the molecule is N=C(N)NCCCC(N)C(=O)O.NC(CC(=O)O)C(=O)O.NC(CO)C(=O)O.NC(CSSCC(N)C(=O)O)C(=O)O.NCC(=O)O. The summed E-state index contributed by atoms with van der Waals surface area (Å²) in [7, 11) is 2.41. The molecule has 276 valence electrons. The highest BCUT2D eigenvalue weighted by molar-refractivity contribution is 8.76. The van der Waals surface area contributed by atoms with Crippen molar-refractivity contribution in [2.75, 3.05) is 31.2 Å². The molecular formula is C21H45N9O15S2. The van der Waals surface area contributed by atoms with Crippen molar-refractivity contribution < 1.29 is 74.4 Å². The zero-order valence-electron chi connectivity index (χ0n) is 24.8. The first-order chi connectivity index (χ1) is 21.5. The van der Waals surface area contributed by atoms with E-state index in [2.05, 4.69) is 11.1 Å². The van der Waals surface area contributed by atoms with Gasteiger partial charge in [-0.15, -0.1) is 0 Å². The fraction of sp³-hybridized carbons (Fsp3) is 0.619. The molecule has 0 aliphatic heterocycles. The quantitative estimate of drug-likeness (QED) is 0.0270. The Labute approximate surface area is 275 Å². The van der Waals surface area contributed by atoms with E-state index in [1.807, 2.05) is 0 Å². The Kier molecular flexibility index (Phi) is 37.3. The number of hydrogen-bond acceptors (Lipinski definition) is 17. The monoisotopic (exact) mass is 727 g/mol. The van der Waals surface area contributed by atoms with Crippen LogP contribution < -0.4 is 45.5 Å². The molecule has 0 aliphatic rings. The molecule has 0 fully saturated rings. The third kappa shape index (κ3) is 46.5. The van der Waals surface area contributed by atoms with Crippen molar-refractivity contribution in [3.8, 4) is 0 Å². The fourth-order valence-electron chi connectivity index (χ4n) is 1.41. The van der Waals surface area contributed by atoms with Crippen LogP contribution in [0.4, 0.5) is 0 Å². The first-order valence-electron chi connectivity index (χ1n) is 12.5. The summed E-state index contributed by atoms with van der Waals surface area (Å²) in [5, 5.41) is 74.1. The molecule has 0 amide bonds. The number of rotatable bonds is 18. The smallest absolute Gasteiger partial charge is 0.322 e. The second-order valence-electron chi connectivity index (χ2n) is 8.15. The summed E-state index contributed by atoms with van der Waals surface area (Å²) in [6.07, 6.45) is 0.442. The fourth-order valence-corrected chi connectivity index (χ4v) is 3.64. The Balaban J connectivity index is -0.000000163. The summed E-state index contributed by atoms with van der Waals surface area (Å²) in [4.78, 5) is 69.3. The molecule has 47 heavy (non-hydrogen) atoms. The molecule has 0 spiro atoms. The van der Waals surface area contributed by atoms with Crippen molar-refractivity contribution in [2.24, 2.45) is 40.1 Å². The van der Waals surface area contributed by atoms with Gasteiger partial charge >= 0.3 is 41.8 Å². The van der Waals surface area contributed by atoms with E-state index in [-0.39, 0.29) is 24.0 Å². The van der Waals surface area contributed by atoms with Crippen molar-refractivity contribution in [1.82, 2.24) is 5.32 Å². The van der Waals surface area contributed by atoms with Crippen LogP contribution in [-0.2, 0) is 33.6 Å². The molecular weight excluding hydrogens is 682 g/mol. The summed E-state index contributed by atoms with van der Waals surface area (Å²) in [5.41, 5.74) is 34.8. The van der Waals surface area contributed by atoms with Crippen LogP contribution in [0.25, 0.3) is 0 Å². The molecule has 5 atom stereocenters. The summed E-state index contributed by atoms with van der Waals surface area (Å²) in [6.45, 7) is -0.300. The van der Waals surface area contributed by atoms with E-state index in [0.717, 1.165) is 0 Å². The van der Waals surface area contributed by atoms with E-state index < -0.39 is 85.0 Å². The average Bonchev–Trinajstić information content (AvgIpc) is 2.97. The number of nitrogens with one attached hydrogen (secondary N) is 2.